The first-order chi connectivity index (χ1) is 10.8. The topological polar surface area (TPSA) is 87.7 Å². The van der Waals surface area contributed by atoms with Crippen LogP contribution in [-0.4, -0.2) is 51.1 Å². The highest BCUT2D eigenvalue weighted by atomic mass is 16.5. The number of carbonyl (C=O) groups is 3. The number of nitrogens with one attached hydrogen (secondary N) is 2. The maximum absolute atomic E-state index is 11.9. The summed E-state index contributed by atoms with van der Waals surface area (Å²) in [6.45, 7) is 3.40. The first-order valence-corrected chi connectivity index (χ1v) is 7.36. The summed E-state index contributed by atoms with van der Waals surface area (Å²) in [5, 5.41) is 5.06. The molecule has 1 atom stereocenters. The van der Waals surface area contributed by atoms with Crippen LogP contribution in [0.5, 0.6) is 0 Å². The van der Waals surface area contributed by atoms with Gasteiger partial charge in [-0.3, -0.25) is 9.59 Å². The van der Waals surface area contributed by atoms with E-state index in [1.807, 2.05) is 25.1 Å². The molecule has 7 heteroatoms. The number of carbonyl (C=O) groups excluding carboxylic acids is 3. The SMILES string of the molecule is CCNC(=O)[C@@H](C)NC(=O)COC(=O)c1cccc(N(C)C)c1. The Morgan fingerprint density at radius 3 is 2.57 bits per heavy atom. The highest BCUT2D eigenvalue weighted by Gasteiger charge is 2.16. The van der Waals surface area contributed by atoms with Crippen LogP contribution < -0.4 is 15.5 Å². The number of esters is 1. The van der Waals surface area contributed by atoms with E-state index in [9.17, 15) is 14.4 Å². The molecule has 2 amide bonds. The first kappa shape index (κ1) is 18.5. The molecule has 0 aliphatic heterocycles. The van der Waals surface area contributed by atoms with E-state index in [-0.39, 0.29) is 5.91 Å². The van der Waals surface area contributed by atoms with Crippen molar-refractivity contribution < 1.29 is 19.1 Å². The minimum Gasteiger partial charge on any atom is -0.452 e. The van der Waals surface area contributed by atoms with Crippen LogP contribution in [0.4, 0.5) is 5.69 Å². The second-order valence-corrected chi connectivity index (χ2v) is 5.20. The summed E-state index contributed by atoms with van der Waals surface area (Å²) < 4.78 is 4.96. The third kappa shape index (κ3) is 5.98. The molecule has 0 aromatic heterocycles. The summed E-state index contributed by atoms with van der Waals surface area (Å²) >= 11 is 0. The predicted octanol–water partition coefficient (Wildman–Crippen LogP) is 0.550. The molecule has 0 saturated carbocycles. The lowest BCUT2D eigenvalue weighted by Crippen LogP contribution is -2.46. The summed E-state index contributed by atoms with van der Waals surface area (Å²) in [4.78, 5) is 37.0. The number of amides is 2. The molecule has 0 unspecified atom stereocenters. The normalized spacial score (nSPS) is 11.3. The molecule has 0 saturated heterocycles. The van der Waals surface area contributed by atoms with Crippen molar-refractivity contribution in [3.05, 3.63) is 29.8 Å². The average molecular weight is 321 g/mol. The third-order valence-corrected chi connectivity index (χ3v) is 3.05. The Morgan fingerprint density at radius 1 is 1.26 bits per heavy atom. The molecule has 0 aliphatic rings. The number of hydrogen-bond donors (Lipinski definition) is 2. The number of ether oxygens (including phenoxy) is 1. The van der Waals surface area contributed by atoms with Gasteiger partial charge in [0.2, 0.25) is 5.91 Å². The second-order valence-electron chi connectivity index (χ2n) is 5.20. The Kier molecular flexibility index (Phi) is 7.05. The average Bonchev–Trinajstić information content (AvgIpc) is 2.52. The van der Waals surface area contributed by atoms with Gasteiger partial charge in [-0.05, 0) is 32.0 Å². The molecule has 23 heavy (non-hydrogen) atoms. The van der Waals surface area contributed by atoms with E-state index >= 15 is 0 Å². The van der Waals surface area contributed by atoms with Crippen molar-refractivity contribution in [1.29, 1.82) is 0 Å². The van der Waals surface area contributed by atoms with E-state index in [1.165, 1.54) is 0 Å². The molecule has 1 rings (SSSR count). The van der Waals surface area contributed by atoms with Crippen molar-refractivity contribution in [3.8, 4) is 0 Å². The van der Waals surface area contributed by atoms with Crippen molar-refractivity contribution in [2.45, 2.75) is 19.9 Å². The lowest BCUT2D eigenvalue weighted by atomic mass is 10.2. The maximum Gasteiger partial charge on any atom is 0.338 e. The lowest BCUT2D eigenvalue weighted by molar-refractivity contribution is -0.130. The van der Waals surface area contributed by atoms with Crippen LogP contribution in [0, 0.1) is 0 Å². The second kappa shape index (κ2) is 8.77. The molecule has 0 heterocycles. The van der Waals surface area contributed by atoms with Crippen LogP contribution >= 0.6 is 0 Å². The fraction of sp³-hybridized carbons (Fsp3) is 0.438. The van der Waals surface area contributed by atoms with Crippen molar-refractivity contribution in [1.82, 2.24) is 10.6 Å². The monoisotopic (exact) mass is 321 g/mol. The number of benzene rings is 1. The molecule has 0 fully saturated rings. The third-order valence-electron chi connectivity index (χ3n) is 3.05. The molecular formula is C16H23N3O4. The molecular weight excluding hydrogens is 298 g/mol. The Hall–Kier alpha value is -2.57. The number of rotatable bonds is 7. The lowest BCUT2D eigenvalue weighted by Gasteiger charge is -2.14. The number of anilines is 1. The zero-order chi connectivity index (χ0) is 17.4. The van der Waals surface area contributed by atoms with E-state index in [0.29, 0.717) is 12.1 Å². The van der Waals surface area contributed by atoms with E-state index < -0.39 is 24.5 Å². The van der Waals surface area contributed by atoms with Gasteiger partial charge in [-0.1, -0.05) is 6.07 Å². The van der Waals surface area contributed by atoms with Crippen molar-refractivity contribution in [2.24, 2.45) is 0 Å². The Morgan fingerprint density at radius 2 is 1.96 bits per heavy atom. The summed E-state index contributed by atoms with van der Waals surface area (Å²) in [6, 6.07) is 6.21. The molecule has 2 N–H and O–H groups in total. The van der Waals surface area contributed by atoms with Gasteiger partial charge < -0.3 is 20.3 Å². The number of likely N-dealkylation sites (N-methyl/N-ethyl adjacent to an activating group) is 1. The molecule has 0 aliphatic carbocycles. The minimum absolute atomic E-state index is 0.286. The van der Waals surface area contributed by atoms with Gasteiger partial charge >= 0.3 is 5.97 Å². The van der Waals surface area contributed by atoms with Gasteiger partial charge in [0.05, 0.1) is 5.56 Å². The van der Waals surface area contributed by atoms with Crippen LogP contribution in [0.15, 0.2) is 24.3 Å². The largest absolute Gasteiger partial charge is 0.452 e. The van der Waals surface area contributed by atoms with Gasteiger partial charge in [0.1, 0.15) is 6.04 Å². The van der Waals surface area contributed by atoms with Crippen molar-refractivity contribution in [2.75, 3.05) is 32.1 Å². The van der Waals surface area contributed by atoms with E-state index in [0.717, 1.165) is 5.69 Å². The first-order valence-electron chi connectivity index (χ1n) is 7.36. The van der Waals surface area contributed by atoms with Crippen molar-refractivity contribution >= 4 is 23.5 Å². The van der Waals surface area contributed by atoms with Crippen LogP contribution in [-0.2, 0) is 14.3 Å². The van der Waals surface area contributed by atoms with E-state index in [4.69, 9.17) is 4.74 Å². The van der Waals surface area contributed by atoms with E-state index in [2.05, 4.69) is 10.6 Å². The van der Waals surface area contributed by atoms with Gasteiger partial charge in [-0.15, -0.1) is 0 Å². The highest BCUT2D eigenvalue weighted by Crippen LogP contribution is 2.14. The quantitative estimate of drug-likeness (QED) is 0.716. The molecule has 0 radical (unpaired) electrons. The maximum atomic E-state index is 11.9. The van der Waals surface area contributed by atoms with Gasteiger partial charge in [0.25, 0.3) is 5.91 Å². The molecule has 1 aromatic rings. The molecule has 7 nitrogen and oxygen atoms in total. The minimum atomic E-state index is -0.682. The van der Waals surface area contributed by atoms with Gasteiger partial charge in [-0.2, -0.15) is 0 Å². The predicted molar refractivity (Wildman–Crippen MR) is 87.3 cm³/mol. The van der Waals surface area contributed by atoms with Gasteiger partial charge in [-0.25, -0.2) is 4.79 Å². The number of hydrogen-bond acceptors (Lipinski definition) is 5. The summed E-state index contributed by atoms with van der Waals surface area (Å²) in [7, 11) is 3.72. The molecule has 1 aromatic carbocycles. The van der Waals surface area contributed by atoms with Crippen LogP contribution in [0.1, 0.15) is 24.2 Å². The zero-order valence-electron chi connectivity index (χ0n) is 13.9. The highest BCUT2D eigenvalue weighted by molar-refractivity contribution is 5.93. The Bertz CT molecular complexity index is 572. The fourth-order valence-corrected chi connectivity index (χ4v) is 1.80. The van der Waals surface area contributed by atoms with E-state index in [1.54, 1.807) is 32.0 Å². The summed E-state index contributed by atoms with van der Waals surface area (Å²) in [5.41, 5.74) is 1.22. The van der Waals surface area contributed by atoms with Crippen LogP contribution in [0.25, 0.3) is 0 Å². The Balaban J connectivity index is 2.51. The summed E-state index contributed by atoms with van der Waals surface area (Å²) in [5.74, 6) is -1.40. The number of nitrogens with zero attached hydrogens (tertiary/aromatic N) is 1. The molecule has 0 spiro atoms. The van der Waals surface area contributed by atoms with Crippen LogP contribution in [0.3, 0.4) is 0 Å². The summed E-state index contributed by atoms with van der Waals surface area (Å²) in [6.07, 6.45) is 0. The smallest absolute Gasteiger partial charge is 0.338 e. The van der Waals surface area contributed by atoms with Gasteiger partial charge in [0, 0.05) is 26.3 Å². The molecule has 0 bridgehead atoms. The van der Waals surface area contributed by atoms with Crippen LogP contribution in [0.2, 0.25) is 0 Å². The zero-order valence-corrected chi connectivity index (χ0v) is 13.9. The standard InChI is InChI=1S/C16H23N3O4/c1-5-17-15(21)11(2)18-14(20)10-23-16(22)12-7-6-8-13(9-12)19(3)4/h6-9,11H,5,10H2,1-4H3,(H,17,21)(H,18,20)/t11-/m1/s1. The molecule has 126 valence electrons. The fourth-order valence-electron chi connectivity index (χ4n) is 1.80. The Labute approximate surface area is 136 Å². The van der Waals surface area contributed by atoms with Crippen molar-refractivity contribution in [3.63, 3.8) is 0 Å². The van der Waals surface area contributed by atoms with Gasteiger partial charge in [0.15, 0.2) is 6.61 Å².